The van der Waals surface area contributed by atoms with E-state index in [-0.39, 0.29) is 5.91 Å². The Bertz CT molecular complexity index is 847. The number of carbonyl (C=O) groups excluding carboxylic acids is 2. The van der Waals surface area contributed by atoms with Gasteiger partial charge in [-0.15, -0.1) is 11.3 Å². The van der Waals surface area contributed by atoms with Gasteiger partial charge in [0, 0.05) is 30.1 Å². The molecule has 0 fully saturated rings. The summed E-state index contributed by atoms with van der Waals surface area (Å²) in [6, 6.07) is 11.9. The molecule has 1 aromatic heterocycles. The van der Waals surface area contributed by atoms with Crippen molar-refractivity contribution in [3.8, 4) is 0 Å². The van der Waals surface area contributed by atoms with Crippen molar-refractivity contribution < 1.29 is 9.59 Å². The summed E-state index contributed by atoms with van der Waals surface area (Å²) in [5.74, 6) is 0.0900. The van der Waals surface area contributed by atoms with Gasteiger partial charge in [0.25, 0.3) is 0 Å². The fraction of sp³-hybridized carbons (Fsp3) is 0.250. The highest BCUT2D eigenvalue weighted by molar-refractivity contribution is 8.26. The van der Waals surface area contributed by atoms with Crippen LogP contribution >= 0.6 is 35.3 Å². The largest absolute Gasteiger partial charge is 0.370 e. The first-order valence-electron chi connectivity index (χ1n) is 8.71. The summed E-state index contributed by atoms with van der Waals surface area (Å²) in [4.78, 5) is 27.3. The highest BCUT2D eigenvalue weighted by Crippen LogP contribution is 2.27. The van der Waals surface area contributed by atoms with E-state index in [2.05, 4.69) is 11.4 Å². The molecular weight excluding hydrogens is 396 g/mol. The maximum atomic E-state index is 12.6. The average Bonchev–Trinajstić information content (AvgIpc) is 3.20. The highest BCUT2D eigenvalue weighted by atomic mass is 32.2. The fourth-order valence-corrected chi connectivity index (χ4v) is 4.70. The van der Waals surface area contributed by atoms with Crippen LogP contribution in [0.2, 0.25) is 0 Å². The SMILES string of the molecule is O=C/C(=C\c1cccs1)SC(=S)NCCC(=O)N1CCCc2ccccc21. The van der Waals surface area contributed by atoms with E-state index in [1.54, 1.807) is 11.3 Å². The number of hydrogen-bond donors (Lipinski definition) is 1. The van der Waals surface area contributed by atoms with E-state index in [9.17, 15) is 9.59 Å². The van der Waals surface area contributed by atoms with E-state index in [0.29, 0.717) is 22.2 Å². The molecule has 1 aliphatic heterocycles. The van der Waals surface area contributed by atoms with Gasteiger partial charge in [-0.1, -0.05) is 48.2 Å². The minimum absolute atomic E-state index is 0.0900. The third-order valence-corrected chi connectivity index (χ3v) is 6.17. The Balaban J connectivity index is 1.49. The number of aldehydes is 1. The highest BCUT2D eigenvalue weighted by Gasteiger charge is 2.21. The van der Waals surface area contributed by atoms with Crippen molar-refractivity contribution in [2.24, 2.45) is 0 Å². The fourth-order valence-electron chi connectivity index (χ4n) is 2.94. The van der Waals surface area contributed by atoms with Gasteiger partial charge in [-0.2, -0.15) is 0 Å². The van der Waals surface area contributed by atoms with Crippen LogP contribution in [-0.4, -0.2) is 29.6 Å². The Morgan fingerprint density at radius 1 is 1.30 bits per heavy atom. The monoisotopic (exact) mass is 416 g/mol. The summed E-state index contributed by atoms with van der Waals surface area (Å²) in [5.41, 5.74) is 2.25. The van der Waals surface area contributed by atoms with Crippen LogP contribution in [0.25, 0.3) is 6.08 Å². The van der Waals surface area contributed by atoms with Crippen molar-refractivity contribution >= 4 is 63.6 Å². The number of carbonyl (C=O) groups is 2. The van der Waals surface area contributed by atoms with Crippen molar-refractivity contribution in [3.63, 3.8) is 0 Å². The lowest BCUT2D eigenvalue weighted by Gasteiger charge is -2.29. The lowest BCUT2D eigenvalue weighted by atomic mass is 10.0. The number of nitrogens with zero attached hydrogens (tertiary/aromatic N) is 1. The molecule has 1 aliphatic rings. The number of anilines is 1. The van der Waals surface area contributed by atoms with E-state index >= 15 is 0 Å². The van der Waals surface area contributed by atoms with Gasteiger partial charge in [0.15, 0.2) is 6.29 Å². The molecule has 27 heavy (non-hydrogen) atoms. The molecule has 0 saturated carbocycles. The number of amides is 1. The molecule has 2 heterocycles. The number of benzene rings is 1. The zero-order valence-electron chi connectivity index (χ0n) is 14.7. The smallest absolute Gasteiger partial charge is 0.228 e. The number of hydrogen-bond acceptors (Lipinski definition) is 5. The molecule has 1 N–H and O–H groups in total. The van der Waals surface area contributed by atoms with Gasteiger partial charge in [0.2, 0.25) is 5.91 Å². The Labute approximate surface area is 172 Å². The number of aryl methyl sites for hydroxylation is 1. The maximum absolute atomic E-state index is 12.6. The Morgan fingerprint density at radius 3 is 2.93 bits per heavy atom. The second-order valence-electron chi connectivity index (χ2n) is 6.02. The van der Waals surface area contributed by atoms with Crippen LogP contribution in [0.1, 0.15) is 23.3 Å². The van der Waals surface area contributed by atoms with E-state index < -0.39 is 0 Å². The van der Waals surface area contributed by atoms with E-state index in [4.69, 9.17) is 12.2 Å². The Hall–Kier alpha value is -1.96. The van der Waals surface area contributed by atoms with Gasteiger partial charge in [-0.25, -0.2) is 0 Å². The van der Waals surface area contributed by atoms with Crippen LogP contribution in [0, 0.1) is 0 Å². The van der Waals surface area contributed by atoms with E-state index in [0.717, 1.165) is 36.2 Å². The van der Waals surface area contributed by atoms with Gasteiger partial charge in [0.05, 0.1) is 4.91 Å². The molecular formula is C20H20N2O2S3. The summed E-state index contributed by atoms with van der Waals surface area (Å²) in [6.07, 6.45) is 4.98. The lowest BCUT2D eigenvalue weighted by molar-refractivity contribution is -0.118. The molecule has 0 unspecified atom stereocenters. The number of nitrogens with one attached hydrogen (secondary N) is 1. The number of allylic oxidation sites excluding steroid dienone is 1. The molecule has 3 rings (SSSR count). The number of thiocarbonyl (C=S) groups is 1. The number of rotatable bonds is 6. The van der Waals surface area contributed by atoms with Crippen LogP contribution in [0.3, 0.4) is 0 Å². The molecule has 140 valence electrons. The summed E-state index contributed by atoms with van der Waals surface area (Å²) in [6.45, 7) is 1.21. The molecule has 7 heteroatoms. The van der Waals surface area contributed by atoms with Crippen LogP contribution in [0.4, 0.5) is 5.69 Å². The van der Waals surface area contributed by atoms with Crippen molar-refractivity contribution in [1.29, 1.82) is 0 Å². The zero-order chi connectivity index (χ0) is 19.1. The third-order valence-electron chi connectivity index (χ3n) is 4.17. The number of thioether (sulfide) groups is 1. The van der Waals surface area contributed by atoms with E-state index in [1.807, 2.05) is 46.7 Å². The van der Waals surface area contributed by atoms with Gasteiger partial charge in [-0.05, 0) is 42.0 Å². The summed E-state index contributed by atoms with van der Waals surface area (Å²) in [5, 5.41) is 5.03. The third kappa shape index (κ3) is 5.51. The second-order valence-corrected chi connectivity index (χ2v) is 8.75. The minimum Gasteiger partial charge on any atom is -0.370 e. The quantitative estimate of drug-likeness (QED) is 0.433. The maximum Gasteiger partial charge on any atom is 0.228 e. The molecule has 0 radical (unpaired) electrons. The molecule has 4 nitrogen and oxygen atoms in total. The van der Waals surface area contributed by atoms with Gasteiger partial charge < -0.3 is 10.2 Å². The predicted octanol–water partition coefficient (Wildman–Crippen LogP) is 4.27. The standard InChI is InChI=1S/C20H20N2O2S3/c23-14-17(13-16-7-4-12-26-16)27-20(25)21-10-9-19(24)22-11-3-6-15-5-1-2-8-18(15)22/h1-2,4-5,7-8,12-14H,3,6,9-11H2,(H,21,25)/b17-13+. The zero-order valence-corrected chi connectivity index (χ0v) is 17.2. The Kier molecular flexibility index (Phi) is 7.20. The van der Waals surface area contributed by atoms with Crippen LogP contribution in [0.15, 0.2) is 46.7 Å². The van der Waals surface area contributed by atoms with Gasteiger partial charge in [0.1, 0.15) is 4.32 Å². The summed E-state index contributed by atoms with van der Waals surface area (Å²) < 4.78 is 0.497. The molecule has 0 spiro atoms. The van der Waals surface area contributed by atoms with Crippen LogP contribution in [-0.2, 0) is 16.0 Å². The first kappa shape index (κ1) is 19.8. The lowest BCUT2D eigenvalue weighted by Crippen LogP contribution is -2.37. The molecule has 2 aromatic rings. The van der Waals surface area contributed by atoms with Crippen molar-refractivity contribution in [2.75, 3.05) is 18.0 Å². The van der Waals surface area contributed by atoms with Gasteiger partial charge in [-0.3, -0.25) is 9.59 Å². The summed E-state index contributed by atoms with van der Waals surface area (Å²) in [7, 11) is 0. The minimum atomic E-state index is 0.0900. The van der Waals surface area contributed by atoms with Crippen LogP contribution < -0.4 is 10.2 Å². The Morgan fingerprint density at radius 2 is 2.15 bits per heavy atom. The molecule has 1 aromatic carbocycles. The summed E-state index contributed by atoms with van der Waals surface area (Å²) >= 11 is 8.07. The van der Waals surface area contributed by atoms with Gasteiger partial charge >= 0.3 is 0 Å². The second kappa shape index (κ2) is 9.82. The van der Waals surface area contributed by atoms with Crippen molar-refractivity contribution in [3.05, 3.63) is 57.1 Å². The first-order valence-corrected chi connectivity index (χ1v) is 10.8. The van der Waals surface area contributed by atoms with Crippen molar-refractivity contribution in [2.45, 2.75) is 19.3 Å². The molecule has 0 saturated heterocycles. The molecule has 0 atom stereocenters. The number of para-hydroxylation sites is 1. The normalized spacial score (nSPS) is 13.8. The first-order chi connectivity index (χ1) is 13.2. The van der Waals surface area contributed by atoms with Crippen LogP contribution in [0.5, 0.6) is 0 Å². The number of fused-ring (bicyclic) bond motifs is 1. The van der Waals surface area contributed by atoms with Crippen molar-refractivity contribution in [1.82, 2.24) is 5.32 Å². The predicted molar refractivity (Wildman–Crippen MR) is 118 cm³/mol. The molecule has 1 amide bonds. The molecule has 0 aliphatic carbocycles. The number of thiophene rings is 1. The average molecular weight is 417 g/mol. The topological polar surface area (TPSA) is 49.4 Å². The van der Waals surface area contributed by atoms with E-state index in [1.165, 1.54) is 17.3 Å². The molecule has 0 bridgehead atoms.